The molecule has 0 aliphatic rings. The molecular weight excluding hydrogens is 246 g/mol. The highest BCUT2D eigenvalue weighted by Crippen LogP contribution is 2.15. The Bertz CT molecular complexity index is 494. The van der Waals surface area contributed by atoms with Gasteiger partial charge in [-0.3, -0.25) is 4.79 Å². The van der Waals surface area contributed by atoms with Crippen LogP contribution in [0.1, 0.15) is 21.5 Å². The smallest absolute Gasteiger partial charge is 0.328 e. The minimum absolute atomic E-state index is 0.194. The monoisotopic (exact) mass is 263 g/mol. The Morgan fingerprint density at radius 2 is 2.16 bits per heavy atom. The molecule has 102 valence electrons. The maximum atomic E-state index is 11.9. The summed E-state index contributed by atoms with van der Waals surface area (Å²) in [5.74, 6) is -1.21. The van der Waals surface area contributed by atoms with Gasteiger partial charge in [0.15, 0.2) is 0 Å². The highest BCUT2D eigenvalue weighted by Gasteiger charge is 2.09. The van der Waals surface area contributed by atoms with Crippen molar-refractivity contribution in [2.45, 2.75) is 6.92 Å². The van der Waals surface area contributed by atoms with Crippen molar-refractivity contribution < 1.29 is 19.4 Å². The summed E-state index contributed by atoms with van der Waals surface area (Å²) >= 11 is 0. The number of hydrogen-bond acceptors (Lipinski definition) is 3. The lowest BCUT2D eigenvalue weighted by atomic mass is 10.0. The standard InChI is InChI=1S/C14H17NO4/c1-10-11(6-7-13(16)17)4-3-5-12(10)14(18)15-8-9-19-2/h3-7H,8-9H2,1-2H3,(H,15,18)(H,16,17). The summed E-state index contributed by atoms with van der Waals surface area (Å²) < 4.78 is 4.86. The number of carboxylic acids is 1. The summed E-state index contributed by atoms with van der Waals surface area (Å²) in [5, 5.41) is 11.3. The summed E-state index contributed by atoms with van der Waals surface area (Å²) in [6, 6.07) is 5.19. The van der Waals surface area contributed by atoms with E-state index in [-0.39, 0.29) is 5.91 Å². The van der Waals surface area contributed by atoms with E-state index in [9.17, 15) is 9.59 Å². The van der Waals surface area contributed by atoms with Crippen molar-refractivity contribution in [3.63, 3.8) is 0 Å². The van der Waals surface area contributed by atoms with Crippen molar-refractivity contribution in [2.24, 2.45) is 0 Å². The van der Waals surface area contributed by atoms with Crippen molar-refractivity contribution >= 4 is 18.0 Å². The lowest BCUT2D eigenvalue weighted by molar-refractivity contribution is -0.131. The molecule has 5 heteroatoms. The van der Waals surface area contributed by atoms with Crippen LogP contribution >= 0.6 is 0 Å². The zero-order chi connectivity index (χ0) is 14.3. The number of carbonyl (C=O) groups excluding carboxylic acids is 1. The molecule has 0 heterocycles. The highest BCUT2D eigenvalue weighted by atomic mass is 16.5. The van der Waals surface area contributed by atoms with Crippen molar-refractivity contribution in [2.75, 3.05) is 20.3 Å². The summed E-state index contributed by atoms with van der Waals surface area (Å²) in [7, 11) is 1.56. The summed E-state index contributed by atoms with van der Waals surface area (Å²) in [4.78, 5) is 22.4. The van der Waals surface area contributed by atoms with E-state index in [4.69, 9.17) is 9.84 Å². The fourth-order valence-corrected chi connectivity index (χ4v) is 1.60. The lowest BCUT2D eigenvalue weighted by Gasteiger charge is -2.09. The molecule has 19 heavy (non-hydrogen) atoms. The molecule has 0 radical (unpaired) electrons. The molecule has 0 saturated heterocycles. The minimum atomic E-state index is -1.02. The normalized spacial score (nSPS) is 10.6. The average molecular weight is 263 g/mol. The Hall–Kier alpha value is -2.14. The predicted molar refractivity (Wildman–Crippen MR) is 72.1 cm³/mol. The molecule has 0 aliphatic carbocycles. The number of hydrogen-bond donors (Lipinski definition) is 2. The van der Waals surface area contributed by atoms with Gasteiger partial charge in [0.05, 0.1) is 6.61 Å². The van der Waals surface area contributed by atoms with Gasteiger partial charge in [-0.05, 0) is 30.2 Å². The first-order valence-electron chi connectivity index (χ1n) is 5.84. The van der Waals surface area contributed by atoms with Crippen molar-refractivity contribution in [3.05, 3.63) is 41.0 Å². The Kier molecular flexibility index (Phi) is 5.75. The van der Waals surface area contributed by atoms with Crippen LogP contribution in [-0.4, -0.2) is 37.2 Å². The number of nitrogens with one attached hydrogen (secondary N) is 1. The fourth-order valence-electron chi connectivity index (χ4n) is 1.60. The number of ether oxygens (including phenoxy) is 1. The maximum absolute atomic E-state index is 11.9. The Morgan fingerprint density at radius 1 is 1.42 bits per heavy atom. The van der Waals surface area contributed by atoms with Crippen LogP contribution in [0.3, 0.4) is 0 Å². The summed E-state index contributed by atoms with van der Waals surface area (Å²) in [6.07, 6.45) is 2.53. The van der Waals surface area contributed by atoms with Gasteiger partial charge in [-0.2, -0.15) is 0 Å². The van der Waals surface area contributed by atoms with Gasteiger partial charge < -0.3 is 15.2 Å². The van der Waals surface area contributed by atoms with Crippen LogP contribution in [0.15, 0.2) is 24.3 Å². The van der Waals surface area contributed by atoms with Crippen LogP contribution in [0.5, 0.6) is 0 Å². The van der Waals surface area contributed by atoms with E-state index in [1.54, 1.807) is 32.2 Å². The predicted octanol–water partition coefficient (Wildman–Crippen LogP) is 1.47. The molecule has 1 rings (SSSR count). The van der Waals surface area contributed by atoms with Gasteiger partial charge in [-0.25, -0.2) is 4.79 Å². The first-order valence-corrected chi connectivity index (χ1v) is 5.84. The number of methoxy groups -OCH3 is 1. The zero-order valence-corrected chi connectivity index (χ0v) is 11.0. The molecule has 0 unspecified atom stereocenters. The number of aliphatic carboxylic acids is 1. The van der Waals surface area contributed by atoms with Crippen LogP contribution in [0.2, 0.25) is 0 Å². The van der Waals surface area contributed by atoms with Gasteiger partial charge in [-0.15, -0.1) is 0 Å². The molecular formula is C14H17NO4. The average Bonchev–Trinajstić information content (AvgIpc) is 2.37. The molecule has 1 amide bonds. The SMILES string of the molecule is COCCNC(=O)c1cccc(C=CC(=O)O)c1C. The van der Waals surface area contributed by atoms with Gasteiger partial charge >= 0.3 is 5.97 Å². The molecule has 1 aromatic rings. The lowest BCUT2D eigenvalue weighted by Crippen LogP contribution is -2.27. The molecule has 2 N–H and O–H groups in total. The second kappa shape index (κ2) is 7.33. The van der Waals surface area contributed by atoms with E-state index in [2.05, 4.69) is 5.32 Å². The van der Waals surface area contributed by atoms with Gasteiger partial charge in [0.25, 0.3) is 5.91 Å². The number of carboxylic acid groups (broad SMARTS) is 1. The zero-order valence-electron chi connectivity index (χ0n) is 11.0. The second-order valence-electron chi connectivity index (χ2n) is 3.94. The Balaban J connectivity index is 2.88. The van der Waals surface area contributed by atoms with Gasteiger partial charge in [-0.1, -0.05) is 12.1 Å². The van der Waals surface area contributed by atoms with E-state index < -0.39 is 5.97 Å². The quantitative estimate of drug-likeness (QED) is 0.602. The Labute approximate surface area is 111 Å². The third-order valence-electron chi connectivity index (χ3n) is 2.62. The topological polar surface area (TPSA) is 75.6 Å². The van der Waals surface area contributed by atoms with Crippen LogP contribution in [-0.2, 0) is 9.53 Å². The maximum Gasteiger partial charge on any atom is 0.328 e. The van der Waals surface area contributed by atoms with E-state index >= 15 is 0 Å². The number of benzene rings is 1. The molecule has 0 aromatic heterocycles. The first kappa shape index (κ1) is 14.9. The van der Waals surface area contributed by atoms with Crippen LogP contribution in [0.25, 0.3) is 6.08 Å². The number of amides is 1. The second-order valence-corrected chi connectivity index (χ2v) is 3.94. The molecule has 1 aromatic carbocycles. The summed E-state index contributed by atoms with van der Waals surface area (Å²) in [5.41, 5.74) is 1.99. The number of carbonyl (C=O) groups is 2. The number of rotatable bonds is 6. The van der Waals surface area contributed by atoms with Crippen LogP contribution < -0.4 is 5.32 Å². The van der Waals surface area contributed by atoms with E-state index in [0.717, 1.165) is 11.6 Å². The van der Waals surface area contributed by atoms with Crippen LogP contribution in [0, 0.1) is 6.92 Å². The first-order chi connectivity index (χ1) is 9.06. The van der Waals surface area contributed by atoms with Crippen LogP contribution in [0.4, 0.5) is 0 Å². The van der Waals surface area contributed by atoms with E-state index in [1.807, 2.05) is 0 Å². The minimum Gasteiger partial charge on any atom is -0.478 e. The van der Waals surface area contributed by atoms with Crippen molar-refractivity contribution in [1.82, 2.24) is 5.32 Å². The third-order valence-corrected chi connectivity index (χ3v) is 2.62. The van der Waals surface area contributed by atoms with Crippen molar-refractivity contribution in [1.29, 1.82) is 0 Å². The van der Waals surface area contributed by atoms with Gasteiger partial charge in [0.1, 0.15) is 0 Å². The molecule has 0 bridgehead atoms. The molecule has 0 atom stereocenters. The molecule has 0 fully saturated rings. The summed E-state index contributed by atoms with van der Waals surface area (Å²) in [6.45, 7) is 2.67. The molecule has 5 nitrogen and oxygen atoms in total. The van der Waals surface area contributed by atoms with Gasteiger partial charge in [0.2, 0.25) is 0 Å². The molecule has 0 spiro atoms. The van der Waals surface area contributed by atoms with Gasteiger partial charge in [0, 0.05) is 25.3 Å². The molecule has 0 saturated carbocycles. The van der Waals surface area contributed by atoms with Crippen molar-refractivity contribution in [3.8, 4) is 0 Å². The largest absolute Gasteiger partial charge is 0.478 e. The third kappa shape index (κ3) is 4.56. The fraction of sp³-hybridized carbons (Fsp3) is 0.286. The Morgan fingerprint density at radius 3 is 2.79 bits per heavy atom. The van der Waals surface area contributed by atoms with E-state index in [0.29, 0.717) is 24.3 Å². The molecule has 0 aliphatic heterocycles. The highest BCUT2D eigenvalue weighted by molar-refractivity contribution is 5.97. The van der Waals surface area contributed by atoms with E-state index in [1.165, 1.54) is 6.08 Å².